The van der Waals surface area contributed by atoms with E-state index in [1.54, 1.807) is 6.26 Å². The molecule has 0 rings (SSSR count). The zero-order valence-electron chi connectivity index (χ0n) is 11.6. The van der Waals surface area contributed by atoms with Gasteiger partial charge in [-0.1, -0.05) is 13.3 Å². The van der Waals surface area contributed by atoms with Crippen molar-refractivity contribution in [3.05, 3.63) is 0 Å². The molecule has 2 unspecified atom stereocenters. The van der Waals surface area contributed by atoms with Crippen LogP contribution in [0.4, 0.5) is 0 Å². The van der Waals surface area contributed by atoms with E-state index in [2.05, 4.69) is 11.4 Å². The van der Waals surface area contributed by atoms with Gasteiger partial charge in [-0.25, -0.2) is 0 Å². The van der Waals surface area contributed by atoms with Crippen molar-refractivity contribution in [2.24, 2.45) is 5.41 Å². The van der Waals surface area contributed by atoms with E-state index in [9.17, 15) is 4.21 Å². The second-order valence-electron chi connectivity index (χ2n) is 5.30. The quantitative estimate of drug-likeness (QED) is 0.646. The molecule has 0 aliphatic rings. The minimum atomic E-state index is -0.708. The molecule has 0 heterocycles. The normalized spacial score (nSPS) is 15.2. The number of nitrogens with one attached hydrogen (secondary N) is 1. The third-order valence-electron chi connectivity index (χ3n) is 3.00. The highest BCUT2D eigenvalue weighted by Crippen LogP contribution is 2.21. The summed E-state index contributed by atoms with van der Waals surface area (Å²) in [5.41, 5.74) is -0.187. The van der Waals surface area contributed by atoms with E-state index in [1.807, 2.05) is 20.8 Å². The predicted octanol–water partition coefficient (Wildman–Crippen LogP) is 2.45. The molecule has 2 atom stereocenters. The van der Waals surface area contributed by atoms with E-state index >= 15 is 0 Å². The molecular formula is C13H26N2OS. The first-order valence-corrected chi connectivity index (χ1v) is 7.95. The van der Waals surface area contributed by atoms with Crippen molar-refractivity contribution in [2.45, 2.75) is 51.7 Å². The van der Waals surface area contributed by atoms with E-state index in [4.69, 9.17) is 5.26 Å². The Morgan fingerprint density at radius 3 is 2.53 bits per heavy atom. The van der Waals surface area contributed by atoms with Gasteiger partial charge < -0.3 is 5.32 Å². The van der Waals surface area contributed by atoms with Crippen molar-refractivity contribution >= 4 is 10.8 Å². The average Bonchev–Trinajstić information content (AvgIpc) is 2.27. The molecule has 100 valence electrons. The monoisotopic (exact) mass is 258 g/mol. The zero-order valence-corrected chi connectivity index (χ0v) is 12.4. The number of nitriles is 1. The van der Waals surface area contributed by atoms with Crippen LogP contribution in [0.15, 0.2) is 0 Å². The second-order valence-corrected chi connectivity index (χ2v) is 7.10. The lowest BCUT2D eigenvalue weighted by atomic mass is 9.89. The van der Waals surface area contributed by atoms with E-state index in [0.29, 0.717) is 0 Å². The smallest absolute Gasteiger partial charge is 0.0683 e. The predicted molar refractivity (Wildman–Crippen MR) is 74.3 cm³/mol. The Labute approximate surface area is 108 Å². The highest BCUT2D eigenvalue weighted by molar-refractivity contribution is 7.84. The molecule has 4 heteroatoms. The lowest BCUT2D eigenvalue weighted by Gasteiger charge is -2.14. The van der Waals surface area contributed by atoms with Crippen LogP contribution in [0.5, 0.6) is 0 Å². The lowest BCUT2D eigenvalue weighted by Crippen LogP contribution is -2.22. The number of rotatable bonds is 9. The molecule has 0 saturated carbocycles. The fraction of sp³-hybridized carbons (Fsp3) is 0.923. The maximum absolute atomic E-state index is 11.1. The summed E-state index contributed by atoms with van der Waals surface area (Å²) in [6.07, 6.45) is 5.87. The van der Waals surface area contributed by atoms with Crippen LogP contribution in [0.25, 0.3) is 0 Å². The molecule has 0 aromatic rings. The van der Waals surface area contributed by atoms with Crippen LogP contribution >= 0.6 is 0 Å². The molecule has 17 heavy (non-hydrogen) atoms. The van der Waals surface area contributed by atoms with Crippen LogP contribution in [0.3, 0.4) is 0 Å². The van der Waals surface area contributed by atoms with Gasteiger partial charge in [0.05, 0.1) is 11.5 Å². The van der Waals surface area contributed by atoms with Gasteiger partial charge in [0.2, 0.25) is 0 Å². The van der Waals surface area contributed by atoms with Crippen molar-refractivity contribution in [1.29, 1.82) is 5.26 Å². The molecule has 0 amide bonds. The summed E-state index contributed by atoms with van der Waals surface area (Å²) in [6.45, 7) is 7.91. The molecule has 0 aliphatic carbocycles. The number of hydrogen-bond acceptors (Lipinski definition) is 3. The molecular weight excluding hydrogens is 232 g/mol. The van der Waals surface area contributed by atoms with Crippen LogP contribution in [-0.4, -0.2) is 28.8 Å². The minimum absolute atomic E-state index is 0.187. The molecule has 0 bridgehead atoms. The molecule has 0 fully saturated rings. The topological polar surface area (TPSA) is 52.9 Å². The zero-order chi connectivity index (χ0) is 13.3. The fourth-order valence-electron chi connectivity index (χ4n) is 1.47. The Hall–Kier alpha value is -0.400. The Balaban J connectivity index is 3.37. The van der Waals surface area contributed by atoms with Crippen LogP contribution in [0.2, 0.25) is 0 Å². The summed E-state index contributed by atoms with van der Waals surface area (Å²) in [4.78, 5) is 0. The van der Waals surface area contributed by atoms with Crippen molar-refractivity contribution in [1.82, 2.24) is 5.32 Å². The van der Waals surface area contributed by atoms with Crippen LogP contribution in [0.1, 0.15) is 46.5 Å². The largest absolute Gasteiger partial charge is 0.317 e. The summed E-state index contributed by atoms with van der Waals surface area (Å²) < 4.78 is 11.1. The summed E-state index contributed by atoms with van der Waals surface area (Å²) in [5.74, 6) is 0. The van der Waals surface area contributed by atoms with E-state index in [0.717, 1.165) is 38.8 Å². The standard InChI is InChI=1S/C13H26N2OS/c1-12(17(4)16)7-10-15-9-6-5-8-13(2,3)11-14/h12,15H,5-10H2,1-4H3. The molecule has 0 spiro atoms. The van der Waals surface area contributed by atoms with E-state index in [-0.39, 0.29) is 10.7 Å². The summed E-state index contributed by atoms with van der Waals surface area (Å²) in [7, 11) is -0.708. The van der Waals surface area contributed by atoms with Gasteiger partial charge in [-0.3, -0.25) is 4.21 Å². The Bertz CT molecular complexity index is 271. The van der Waals surface area contributed by atoms with Gasteiger partial charge in [0.1, 0.15) is 0 Å². The number of hydrogen-bond donors (Lipinski definition) is 1. The maximum Gasteiger partial charge on any atom is 0.0683 e. The van der Waals surface area contributed by atoms with E-state index in [1.165, 1.54) is 0 Å². The van der Waals surface area contributed by atoms with Crippen LogP contribution in [0, 0.1) is 16.7 Å². The minimum Gasteiger partial charge on any atom is -0.317 e. The van der Waals surface area contributed by atoms with Gasteiger partial charge in [-0.15, -0.1) is 0 Å². The molecule has 0 aromatic carbocycles. The first-order chi connectivity index (χ1) is 7.89. The highest BCUT2D eigenvalue weighted by Gasteiger charge is 2.15. The highest BCUT2D eigenvalue weighted by atomic mass is 32.2. The molecule has 0 aliphatic heterocycles. The van der Waals surface area contributed by atoms with Gasteiger partial charge in [0.15, 0.2) is 0 Å². The average molecular weight is 258 g/mol. The van der Waals surface area contributed by atoms with Crippen LogP contribution in [-0.2, 0) is 10.8 Å². The third kappa shape index (κ3) is 9.31. The van der Waals surface area contributed by atoms with Gasteiger partial charge >= 0.3 is 0 Å². The molecule has 3 nitrogen and oxygen atoms in total. The van der Waals surface area contributed by atoms with E-state index < -0.39 is 10.8 Å². The summed E-state index contributed by atoms with van der Waals surface area (Å²) in [5, 5.41) is 12.5. The number of unbranched alkanes of at least 4 members (excludes halogenated alkanes) is 1. The Morgan fingerprint density at radius 2 is 2.00 bits per heavy atom. The second kappa shape index (κ2) is 8.66. The third-order valence-corrected chi connectivity index (χ3v) is 4.37. The van der Waals surface area contributed by atoms with Crippen LogP contribution < -0.4 is 5.32 Å². The lowest BCUT2D eigenvalue weighted by molar-refractivity contribution is 0.422. The maximum atomic E-state index is 11.1. The molecule has 0 radical (unpaired) electrons. The first kappa shape index (κ1) is 16.6. The van der Waals surface area contributed by atoms with Gasteiger partial charge in [-0.05, 0) is 46.2 Å². The van der Waals surface area contributed by atoms with Gasteiger partial charge in [0.25, 0.3) is 0 Å². The molecule has 1 N–H and O–H groups in total. The molecule has 0 saturated heterocycles. The van der Waals surface area contributed by atoms with Gasteiger partial charge in [-0.2, -0.15) is 5.26 Å². The fourth-order valence-corrected chi connectivity index (χ4v) is 1.92. The molecule has 0 aromatic heterocycles. The van der Waals surface area contributed by atoms with Crippen molar-refractivity contribution < 1.29 is 4.21 Å². The first-order valence-electron chi connectivity index (χ1n) is 6.33. The van der Waals surface area contributed by atoms with Crippen molar-refractivity contribution in [3.63, 3.8) is 0 Å². The van der Waals surface area contributed by atoms with Crippen molar-refractivity contribution in [3.8, 4) is 6.07 Å². The Kier molecular flexibility index (Phi) is 8.45. The summed E-state index contributed by atoms with van der Waals surface area (Å²) in [6, 6.07) is 2.32. The summed E-state index contributed by atoms with van der Waals surface area (Å²) >= 11 is 0. The van der Waals surface area contributed by atoms with Crippen molar-refractivity contribution in [2.75, 3.05) is 19.3 Å². The number of nitrogens with zero attached hydrogens (tertiary/aromatic N) is 1. The Morgan fingerprint density at radius 1 is 1.35 bits per heavy atom. The van der Waals surface area contributed by atoms with Gasteiger partial charge in [0, 0.05) is 22.3 Å². The SMILES string of the molecule is CC(CCNCCCCC(C)(C)C#N)S(C)=O.